The summed E-state index contributed by atoms with van der Waals surface area (Å²) < 4.78 is 54.2. The minimum Gasteiger partial charge on any atom is -0.424 e. The SMILES string of the molecule is Cc1nnc(N2C[C@H]3CC[C@@H](C2)[C@@H]3Nc2nc(Oc3ccc(OC(F)(F)F)cc3)n(C(C)C)n2)o1. The summed E-state index contributed by atoms with van der Waals surface area (Å²) in [5.41, 5.74) is 0. The molecule has 0 spiro atoms. The summed E-state index contributed by atoms with van der Waals surface area (Å²) in [5, 5.41) is 16.2. The van der Waals surface area contributed by atoms with Crippen LogP contribution >= 0.6 is 0 Å². The zero-order valence-corrected chi connectivity index (χ0v) is 19.5. The molecule has 1 saturated carbocycles. The Hall–Kier alpha value is -3.51. The maximum atomic E-state index is 12.4. The first-order valence-corrected chi connectivity index (χ1v) is 11.5. The third-order valence-corrected chi connectivity index (χ3v) is 6.27. The van der Waals surface area contributed by atoms with Crippen molar-refractivity contribution in [3.05, 3.63) is 30.2 Å². The fraction of sp³-hybridized carbons (Fsp3) is 0.545. The molecule has 2 bridgehead atoms. The number of nitrogens with zero attached hydrogens (tertiary/aromatic N) is 6. The van der Waals surface area contributed by atoms with Crippen LogP contribution in [0.5, 0.6) is 17.5 Å². The number of fused-ring (bicyclic) bond motifs is 2. The second-order valence-corrected chi connectivity index (χ2v) is 9.15. The summed E-state index contributed by atoms with van der Waals surface area (Å²) in [4.78, 5) is 6.67. The standard InChI is InChI=1S/C22H26F3N7O3/c1-12(2)32-20(34-16-6-8-17(9-7-16)35-22(23,24)25)27-19(30-32)26-18-14-4-5-15(18)11-31(10-14)21-29-28-13(3)33-21/h6-9,12,14-15,18H,4-5,10-11H2,1-3H3,(H,26,30)/t14-,15+,18-. The molecule has 2 fully saturated rings. The molecule has 1 N–H and O–H groups in total. The molecule has 35 heavy (non-hydrogen) atoms. The Morgan fingerprint density at radius 2 is 1.71 bits per heavy atom. The van der Waals surface area contributed by atoms with Crippen molar-refractivity contribution in [1.82, 2.24) is 25.0 Å². The Morgan fingerprint density at radius 3 is 2.29 bits per heavy atom. The number of rotatable bonds is 7. The van der Waals surface area contributed by atoms with Gasteiger partial charge in [0.25, 0.3) is 0 Å². The number of hydrogen-bond acceptors (Lipinski definition) is 9. The first kappa shape index (κ1) is 23.2. The van der Waals surface area contributed by atoms with Crippen LogP contribution in [0.25, 0.3) is 0 Å². The molecule has 2 aromatic heterocycles. The predicted octanol–water partition coefficient (Wildman–Crippen LogP) is 4.57. The van der Waals surface area contributed by atoms with E-state index in [-0.39, 0.29) is 23.8 Å². The maximum absolute atomic E-state index is 12.4. The van der Waals surface area contributed by atoms with E-state index in [9.17, 15) is 13.2 Å². The number of alkyl halides is 3. The average molecular weight is 493 g/mol. The largest absolute Gasteiger partial charge is 0.573 e. The zero-order chi connectivity index (χ0) is 24.7. The molecular weight excluding hydrogens is 467 g/mol. The van der Waals surface area contributed by atoms with Crippen molar-refractivity contribution < 1.29 is 27.1 Å². The molecule has 5 rings (SSSR count). The Balaban J connectivity index is 1.28. The second-order valence-electron chi connectivity index (χ2n) is 9.15. The first-order chi connectivity index (χ1) is 16.6. The molecule has 10 nitrogen and oxygen atoms in total. The Morgan fingerprint density at radius 1 is 1.06 bits per heavy atom. The van der Waals surface area contributed by atoms with Crippen LogP contribution in [0.4, 0.5) is 25.1 Å². The summed E-state index contributed by atoms with van der Waals surface area (Å²) in [6, 6.07) is 6.12. The van der Waals surface area contributed by atoms with Crippen molar-refractivity contribution in [2.45, 2.75) is 52.1 Å². The van der Waals surface area contributed by atoms with Crippen molar-refractivity contribution >= 4 is 12.0 Å². The fourth-order valence-corrected chi connectivity index (χ4v) is 4.77. The topological polar surface area (TPSA) is 103 Å². The van der Waals surface area contributed by atoms with E-state index in [1.54, 1.807) is 11.6 Å². The summed E-state index contributed by atoms with van der Waals surface area (Å²) in [6.45, 7) is 7.27. The number of piperidine rings is 1. The number of benzene rings is 1. The fourth-order valence-electron chi connectivity index (χ4n) is 4.77. The van der Waals surface area contributed by atoms with Crippen LogP contribution in [-0.4, -0.2) is 50.5 Å². The number of hydrogen-bond donors (Lipinski definition) is 1. The lowest BCUT2D eigenvalue weighted by atomic mass is 9.92. The van der Waals surface area contributed by atoms with Crippen LogP contribution in [-0.2, 0) is 0 Å². The van der Waals surface area contributed by atoms with E-state index in [0.717, 1.165) is 25.9 Å². The molecule has 3 heterocycles. The lowest BCUT2D eigenvalue weighted by Crippen LogP contribution is -2.48. The lowest BCUT2D eigenvalue weighted by molar-refractivity contribution is -0.274. The summed E-state index contributed by atoms with van der Waals surface area (Å²) in [6.07, 6.45) is -2.60. The van der Waals surface area contributed by atoms with Crippen molar-refractivity contribution in [3.63, 3.8) is 0 Å². The maximum Gasteiger partial charge on any atom is 0.573 e. The van der Waals surface area contributed by atoms with Crippen LogP contribution < -0.4 is 19.7 Å². The monoisotopic (exact) mass is 493 g/mol. The molecule has 0 amide bonds. The summed E-state index contributed by atoms with van der Waals surface area (Å²) in [5.74, 6) is 1.74. The highest BCUT2D eigenvalue weighted by molar-refractivity contribution is 5.36. The Labute approximate surface area is 199 Å². The van der Waals surface area contributed by atoms with Gasteiger partial charge in [0.05, 0.1) is 6.04 Å². The molecule has 0 radical (unpaired) electrons. The minimum absolute atomic E-state index is 0.0415. The van der Waals surface area contributed by atoms with E-state index in [1.165, 1.54) is 24.3 Å². The quantitative estimate of drug-likeness (QED) is 0.507. The molecule has 188 valence electrons. The molecule has 1 saturated heterocycles. The molecule has 0 unspecified atom stereocenters. The van der Waals surface area contributed by atoms with Gasteiger partial charge in [-0.15, -0.1) is 23.4 Å². The molecule has 1 aliphatic heterocycles. The summed E-state index contributed by atoms with van der Waals surface area (Å²) in [7, 11) is 0. The number of halogens is 3. The van der Waals surface area contributed by atoms with Gasteiger partial charge in [-0.25, -0.2) is 4.68 Å². The zero-order valence-electron chi connectivity index (χ0n) is 19.5. The molecule has 3 aromatic rings. The molecule has 1 aliphatic carbocycles. The summed E-state index contributed by atoms with van der Waals surface area (Å²) >= 11 is 0. The highest BCUT2D eigenvalue weighted by Crippen LogP contribution is 2.40. The highest BCUT2D eigenvalue weighted by atomic mass is 19.4. The van der Waals surface area contributed by atoms with E-state index in [4.69, 9.17) is 9.15 Å². The van der Waals surface area contributed by atoms with Crippen molar-refractivity contribution in [3.8, 4) is 17.5 Å². The van der Waals surface area contributed by atoms with Gasteiger partial charge in [0, 0.05) is 26.1 Å². The van der Waals surface area contributed by atoms with Gasteiger partial charge in [0.2, 0.25) is 11.8 Å². The van der Waals surface area contributed by atoms with Gasteiger partial charge in [-0.05, 0) is 62.8 Å². The van der Waals surface area contributed by atoms with Crippen LogP contribution in [0.2, 0.25) is 0 Å². The molecule has 13 heteroatoms. The molecular formula is C22H26F3N7O3. The van der Waals surface area contributed by atoms with Gasteiger partial charge in [-0.2, -0.15) is 4.98 Å². The van der Waals surface area contributed by atoms with Crippen LogP contribution in [0, 0.1) is 18.8 Å². The normalized spacial score (nSPS) is 22.0. The minimum atomic E-state index is -4.75. The Kier molecular flexibility index (Phi) is 5.93. The van der Waals surface area contributed by atoms with E-state index in [1.807, 2.05) is 13.8 Å². The van der Waals surface area contributed by atoms with Gasteiger partial charge in [0.1, 0.15) is 11.5 Å². The number of ether oxygens (including phenoxy) is 2. The van der Waals surface area contributed by atoms with Gasteiger partial charge < -0.3 is 24.1 Å². The molecule has 2 aliphatic rings. The number of aromatic nitrogens is 5. The second kappa shape index (κ2) is 8.93. The van der Waals surface area contributed by atoms with Gasteiger partial charge >= 0.3 is 18.4 Å². The smallest absolute Gasteiger partial charge is 0.424 e. The van der Waals surface area contributed by atoms with Crippen LogP contribution in [0.15, 0.2) is 28.7 Å². The highest BCUT2D eigenvalue weighted by Gasteiger charge is 2.43. The van der Waals surface area contributed by atoms with Gasteiger partial charge in [-0.3, -0.25) is 0 Å². The average Bonchev–Trinajstić information content (AvgIpc) is 3.45. The third-order valence-electron chi connectivity index (χ3n) is 6.27. The van der Waals surface area contributed by atoms with E-state index in [0.29, 0.717) is 35.4 Å². The predicted molar refractivity (Wildman–Crippen MR) is 118 cm³/mol. The molecule has 1 aromatic carbocycles. The first-order valence-electron chi connectivity index (χ1n) is 11.5. The third kappa shape index (κ3) is 5.13. The lowest BCUT2D eigenvalue weighted by Gasteiger charge is -2.37. The van der Waals surface area contributed by atoms with Crippen LogP contribution in [0.3, 0.4) is 0 Å². The van der Waals surface area contributed by atoms with Gasteiger partial charge in [-0.1, -0.05) is 5.10 Å². The van der Waals surface area contributed by atoms with Crippen LogP contribution in [0.1, 0.15) is 38.6 Å². The number of nitrogens with one attached hydrogen (secondary N) is 1. The van der Waals surface area contributed by atoms with Crippen molar-refractivity contribution in [1.29, 1.82) is 0 Å². The Bertz CT molecular complexity index is 1150. The van der Waals surface area contributed by atoms with E-state index >= 15 is 0 Å². The van der Waals surface area contributed by atoms with E-state index < -0.39 is 6.36 Å². The van der Waals surface area contributed by atoms with E-state index in [2.05, 4.69) is 35.2 Å². The van der Waals surface area contributed by atoms with Gasteiger partial charge in [0.15, 0.2) is 0 Å². The number of anilines is 2. The van der Waals surface area contributed by atoms with Crippen molar-refractivity contribution in [2.75, 3.05) is 23.3 Å². The number of aryl methyl sites for hydroxylation is 1. The molecule has 3 atom stereocenters. The van der Waals surface area contributed by atoms with Crippen molar-refractivity contribution in [2.24, 2.45) is 11.8 Å².